The second-order valence-corrected chi connectivity index (χ2v) is 4.03. The maximum Gasteiger partial charge on any atom is 0.0839 e. The number of halogens is 2. The molecular formula is C11H10BrCl. The summed E-state index contributed by atoms with van der Waals surface area (Å²) in [6.45, 7) is 4.10. The van der Waals surface area contributed by atoms with Crippen LogP contribution in [0.15, 0.2) is 16.6 Å². The van der Waals surface area contributed by atoms with Gasteiger partial charge >= 0.3 is 0 Å². The Kier molecular flexibility index (Phi) is 3.84. The van der Waals surface area contributed by atoms with Crippen LogP contribution in [0.25, 0.3) is 0 Å². The maximum atomic E-state index is 5.50. The Morgan fingerprint density at radius 2 is 1.85 bits per heavy atom. The summed E-state index contributed by atoms with van der Waals surface area (Å²) in [7, 11) is 0. The van der Waals surface area contributed by atoms with Crippen LogP contribution in [0.3, 0.4) is 0 Å². The summed E-state index contributed by atoms with van der Waals surface area (Å²) in [6.07, 6.45) is 0. The van der Waals surface area contributed by atoms with Crippen molar-refractivity contribution in [2.24, 2.45) is 0 Å². The third kappa shape index (κ3) is 2.76. The van der Waals surface area contributed by atoms with Crippen molar-refractivity contribution in [1.29, 1.82) is 0 Å². The lowest BCUT2D eigenvalue weighted by Gasteiger charge is -2.03. The number of hydrogen-bond acceptors (Lipinski definition) is 0. The lowest BCUT2D eigenvalue weighted by atomic mass is 10.0. The van der Waals surface area contributed by atoms with Gasteiger partial charge in [-0.25, -0.2) is 0 Å². The third-order valence-electron chi connectivity index (χ3n) is 1.78. The van der Waals surface area contributed by atoms with E-state index in [-0.39, 0.29) is 0 Å². The SMILES string of the molecule is Cc1cc(Br)cc(C)c1C#CCCl. The molecule has 0 nitrogen and oxygen atoms in total. The van der Waals surface area contributed by atoms with Gasteiger partial charge in [-0.2, -0.15) is 0 Å². The molecule has 2 heteroatoms. The molecule has 0 aliphatic heterocycles. The number of alkyl halides is 1. The third-order valence-corrected chi connectivity index (χ3v) is 2.37. The first-order valence-corrected chi connectivity index (χ1v) is 5.29. The Morgan fingerprint density at radius 1 is 1.31 bits per heavy atom. The largest absolute Gasteiger partial charge is 0.113 e. The minimum absolute atomic E-state index is 0.384. The lowest BCUT2D eigenvalue weighted by molar-refractivity contribution is 1.33. The van der Waals surface area contributed by atoms with E-state index in [1.54, 1.807) is 0 Å². The van der Waals surface area contributed by atoms with Crippen molar-refractivity contribution in [3.05, 3.63) is 33.3 Å². The van der Waals surface area contributed by atoms with Crippen molar-refractivity contribution < 1.29 is 0 Å². The summed E-state index contributed by atoms with van der Waals surface area (Å²) in [5, 5.41) is 0. The van der Waals surface area contributed by atoms with Crippen molar-refractivity contribution in [3.8, 4) is 11.8 Å². The van der Waals surface area contributed by atoms with Gasteiger partial charge in [0.15, 0.2) is 0 Å². The van der Waals surface area contributed by atoms with Crippen molar-refractivity contribution in [2.45, 2.75) is 13.8 Å². The molecule has 0 N–H and O–H groups in total. The molecule has 0 unspecified atom stereocenters. The molecule has 0 aliphatic rings. The summed E-state index contributed by atoms with van der Waals surface area (Å²) in [5.74, 6) is 6.30. The van der Waals surface area contributed by atoms with E-state index >= 15 is 0 Å². The first kappa shape index (κ1) is 10.6. The normalized spacial score (nSPS) is 9.23. The van der Waals surface area contributed by atoms with Gasteiger partial charge in [-0.05, 0) is 37.1 Å². The topological polar surface area (TPSA) is 0 Å². The Bertz CT molecular complexity index is 348. The fraction of sp³-hybridized carbons (Fsp3) is 0.273. The van der Waals surface area contributed by atoms with Crippen LogP contribution < -0.4 is 0 Å². The lowest BCUT2D eigenvalue weighted by Crippen LogP contribution is -1.87. The number of aryl methyl sites for hydroxylation is 2. The molecule has 0 atom stereocenters. The standard InChI is InChI=1S/C11H10BrCl/c1-8-6-10(12)7-9(2)11(8)4-3-5-13/h6-7H,5H2,1-2H3. The summed E-state index contributed by atoms with van der Waals surface area (Å²) < 4.78 is 1.10. The highest BCUT2D eigenvalue weighted by atomic mass is 79.9. The molecule has 0 saturated carbocycles. The average Bonchev–Trinajstić information content (AvgIpc) is 2.02. The Labute approximate surface area is 92.4 Å². The molecular weight excluding hydrogens is 247 g/mol. The maximum absolute atomic E-state index is 5.50. The molecule has 1 rings (SSSR count). The fourth-order valence-corrected chi connectivity index (χ4v) is 1.98. The summed E-state index contributed by atoms with van der Waals surface area (Å²) in [6, 6.07) is 4.12. The van der Waals surface area contributed by atoms with E-state index < -0.39 is 0 Å². The van der Waals surface area contributed by atoms with E-state index in [1.165, 1.54) is 11.1 Å². The molecule has 1 aromatic carbocycles. The van der Waals surface area contributed by atoms with E-state index in [2.05, 4.69) is 53.8 Å². The smallest absolute Gasteiger partial charge is 0.0839 e. The Morgan fingerprint density at radius 3 is 2.31 bits per heavy atom. The van der Waals surface area contributed by atoms with Crippen molar-refractivity contribution in [3.63, 3.8) is 0 Å². The van der Waals surface area contributed by atoms with Gasteiger partial charge in [0.1, 0.15) is 0 Å². The molecule has 0 saturated heterocycles. The van der Waals surface area contributed by atoms with E-state index in [0.29, 0.717) is 5.88 Å². The van der Waals surface area contributed by atoms with Gasteiger partial charge in [0.2, 0.25) is 0 Å². The van der Waals surface area contributed by atoms with Crippen molar-refractivity contribution in [1.82, 2.24) is 0 Å². The zero-order chi connectivity index (χ0) is 9.84. The molecule has 0 fully saturated rings. The number of benzene rings is 1. The van der Waals surface area contributed by atoms with E-state index in [1.807, 2.05) is 0 Å². The monoisotopic (exact) mass is 256 g/mol. The summed E-state index contributed by atoms with van der Waals surface area (Å²) >= 11 is 8.95. The fourth-order valence-electron chi connectivity index (χ4n) is 1.23. The minimum atomic E-state index is 0.384. The van der Waals surface area contributed by atoms with Gasteiger partial charge in [-0.1, -0.05) is 27.8 Å². The van der Waals surface area contributed by atoms with Gasteiger partial charge in [-0.15, -0.1) is 11.6 Å². The van der Waals surface area contributed by atoms with Crippen molar-refractivity contribution >= 4 is 27.5 Å². The zero-order valence-electron chi connectivity index (χ0n) is 7.62. The first-order valence-electron chi connectivity index (χ1n) is 3.96. The predicted octanol–water partition coefficient (Wildman–Crippen LogP) is 3.66. The first-order chi connectivity index (χ1) is 6.15. The Balaban J connectivity index is 3.21. The Hall–Kier alpha value is -0.450. The van der Waals surface area contributed by atoms with Crippen LogP contribution >= 0.6 is 27.5 Å². The average molecular weight is 258 g/mol. The molecule has 1 aromatic rings. The number of hydrogen-bond donors (Lipinski definition) is 0. The van der Waals surface area contributed by atoms with Crippen LogP contribution in [0.4, 0.5) is 0 Å². The van der Waals surface area contributed by atoms with Crippen LogP contribution in [-0.4, -0.2) is 5.88 Å². The predicted molar refractivity (Wildman–Crippen MR) is 61.2 cm³/mol. The second-order valence-electron chi connectivity index (χ2n) is 2.85. The molecule has 13 heavy (non-hydrogen) atoms. The van der Waals surface area contributed by atoms with Crippen LogP contribution in [0.1, 0.15) is 16.7 Å². The van der Waals surface area contributed by atoms with E-state index in [4.69, 9.17) is 11.6 Å². The van der Waals surface area contributed by atoms with Crippen LogP contribution in [0, 0.1) is 25.7 Å². The molecule has 0 heterocycles. The van der Waals surface area contributed by atoms with Crippen LogP contribution in [0.5, 0.6) is 0 Å². The highest BCUT2D eigenvalue weighted by molar-refractivity contribution is 9.10. The quantitative estimate of drug-likeness (QED) is 0.491. The molecule has 0 aromatic heterocycles. The van der Waals surface area contributed by atoms with Crippen molar-refractivity contribution in [2.75, 3.05) is 5.88 Å². The van der Waals surface area contributed by atoms with Gasteiger partial charge < -0.3 is 0 Å². The molecule has 0 radical (unpaired) electrons. The van der Waals surface area contributed by atoms with E-state index in [0.717, 1.165) is 10.0 Å². The van der Waals surface area contributed by atoms with Crippen LogP contribution in [-0.2, 0) is 0 Å². The molecule has 0 spiro atoms. The molecule has 0 bridgehead atoms. The number of rotatable bonds is 0. The molecule has 0 amide bonds. The van der Waals surface area contributed by atoms with Gasteiger partial charge in [-0.3, -0.25) is 0 Å². The molecule has 0 aliphatic carbocycles. The second kappa shape index (κ2) is 4.69. The van der Waals surface area contributed by atoms with Gasteiger partial charge in [0.05, 0.1) is 5.88 Å². The minimum Gasteiger partial charge on any atom is -0.113 e. The van der Waals surface area contributed by atoms with E-state index in [9.17, 15) is 0 Å². The van der Waals surface area contributed by atoms with Gasteiger partial charge in [0, 0.05) is 10.0 Å². The molecule has 68 valence electrons. The van der Waals surface area contributed by atoms with Crippen LogP contribution in [0.2, 0.25) is 0 Å². The van der Waals surface area contributed by atoms with Gasteiger partial charge in [0.25, 0.3) is 0 Å². The summed E-state index contributed by atoms with van der Waals surface area (Å²) in [5.41, 5.74) is 3.46. The highest BCUT2D eigenvalue weighted by Gasteiger charge is 2.00. The summed E-state index contributed by atoms with van der Waals surface area (Å²) in [4.78, 5) is 0. The highest BCUT2D eigenvalue weighted by Crippen LogP contribution is 2.19. The zero-order valence-corrected chi connectivity index (χ0v) is 9.96.